The van der Waals surface area contributed by atoms with Gasteiger partial charge in [-0.25, -0.2) is 4.68 Å². The monoisotopic (exact) mass is 308 g/mol. The highest BCUT2D eigenvalue weighted by atomic mass is 32.1. The highest BCUT2D eigenvalue weighted by molar-refractivity contribution is 7.09. The number of aromatic nitrogens is 3. The van der Waals surface area contributed by atoms with Gasteiger partial charge in [0.1, 0.15) is 6.54 Å². The second-order valence-electron chi connectivity index (χ2n) is 4.63. The third-order valence-electron chi connectivity index (χ3n) is 2.88. The Morgan fingerprint density at radius 1 is 1.48 bits per heavy atom. The van der Waals surface area contributed by atoms with Crippen LogP contribution in [0.4, 0.5) is 0 Å². The molecule has 0 aliphatic carbocycles. The zero-order valence-corrected chi connectivity index (χ0v) is 12.4. The fourth-order valence-corrected chi connectivity index (χ4v) is 2.51. The molecule has 0 bridgehead atoms. The number of nitrogens with zero attached hydrogens (tertiary/aromatic N) is 4. The molecule has 1 amide bonds. The lowest BCUT2D eigenvalue weighted by Crippen LogP contribution is -2.29. The molecule has 7 nitrogen and oxygen atoms in total. The van der Waals surface area contributed by atoms with Crippen molar-refractivity contribution in [2.24, 2.45) is 0 Å². The van der Waals surface area contributed by atoms with Crippen LogP contribution in [0.5, 0.6) is 0 Å². The molecule has 0 atom stereocenters. The van der Waals surface area contributed by atoms with Gasteiger partial charge in [-0.15, -0.1) is 16.4 Å². The van der Waals surface area contributed by atoms with Crippen LogP contribution in [0.1, 0.15) is 17.0 Å². The van der Waals surface area contributed by atoms with E-state index in [1.54, 1.807) is 29.5 Å². The van der Waals surface area contributed by atoms with Crippen molar-refractivity contribution in [3.05, 3.63) is 34.3 Å². The Hall–Kier alpha value is -2.22. The summed E-state index contributed by atoms with van der Waals surface area (Å²) in [7, 11) is 1.74. The highest BCUT2D eigenvalue weighted by Crippen LogP contribution is 2.11. The van der Waals surface area contributed by atoms with E-state index in [0.717, 1.165) is 4.88 Å². The minimum absolute atomic E-state index is 0.00488. The van der Waals surface area contributed by atoms with E-state index in [1.807, 2.05) is 17.5 Å². The van der Waals surface area contributed by atoms with Gasteiger partial charge >= 0.3 is 5.97 Å². The maximum Gasteiger partial charge on any atom is 0.303 e. The summed E-state index contributed by atoms with van der Waals surface area (Å²) >= 11 is 1.60. The Morgan fingerprint density at radius 2 is 2.29 bits per heavy atom. The molecule has 0 unspecified atom stereocenters. The van der Waals surface area contributed by atoms with Gasteiger partial charge < -0.3 is 10.0 Å². The van der Waals surface area contributed by atoms with Crippen LogP contribution in [0.25, 0.3) is 0 Å². The number of carbonyl (C=O) groups excluding carboxylic acids is 1. The molecule has 21 heavy (non-hydrogen) atoms. The molecular formula is C13H16N4O3S. The van der Waals surface area contributed by atoms with Gasteiger partial charge in [0, 0.05) is 24.5 Å². The maximum atomic E-state index is 12.1. The predicted octanol–water partition coefficient (Wildman–Crippen LogP) is 1.02. The summed E-state index contributed by atoms with van der Waals surface area (Å²) in [5, 5.41) is 18.3. The van der Waals surface area contributed by atoms with Gasteiger partial charge in [-0.05, 0) is 11.4 Å². The van der Waals surface area contributed by atoms with Crippen molar-refractivity contribution in [3.63, 3.8) is 0 Å². The molecule has 2 aromatic heterocycles. The van der Waals surface area contributed by atoms with Crippen LogP contribution in [0.2, 0.25) is 0 Å². The standard InChI is InChI=1S/C13H16N4O3S/c1-16(8-11-3-2-6-21-11)12(18)9-17-7-10(14-15-17)4-5-13(19)20/h2-3,6-7H,4-5,8-9H2,1H3,(H,19,20). The van der Waals surface area contributed by atoms with E-state index in [-0.39, 0.29) is 18.9 Å². The van der Waals surface area contributed by atoms with Crippen molar-refractivity contribution in [1.29, 1.82) is 0 Å². The quantitative estimate of drug-likeness (QED) is 0.825. The summed E-state index contributed by atoms with van der Waals surface area (Å²) in [5.74, 6) is -0.950. The average Bonchev–Trinajstić information content (AvgIpc) is 3.08. The molecule has 0 aromatic carbocycles. The Morgan fingerprint density at radius 3 is 2.95 bits per heavy atom. The summed E-state index contributed by atoms with van der Waals surface area (Å²) in [6.45, 7) is 0.666. The van der Waals surface area contributed by atoms with Crippen molar-refractivity contribution in [1.82, 2.24) is 19.9 Å². The molecule has 2 heterocycles. The molecule has 0 saturated carbocycles. The van der Waals surface area contributed by atoms with Gasteiger partial charge in [0.2, 0.25) is 5.91 Å². The number of aryl methyl sites for hydroxylation is 1. The van der Waals surface area contributed by atoms with Crippen LogP contribution < -0.4 is 0 Å². The summed E-state index contributed by atoms with van der Waals surface area (Å²) in [6, 6.07) is 3.93. The molecular weight excluding hydrogens is 292 g/mol. The van der Waals surface area contributed by atoms with Gasteiger partial charge in [0.15, 0.2) is 0 Å². The third-order valence-corrected chi connectivity index (χ3v) is 3.74. The van der Waals surface area contributed by atoms with E-state index < -0.39 is 5.97 Å². The lowest BCUT2D eigenvalue weighted by molar-refractivity contribution is -0.137. The van der Waals surface area contributed by atoms with E-state index in [1.165, 1.54) is 4.68 Å². The molecule has 0 fully saturated rings. The highest BCUT2D eigenvalue weighted by Gasteiger charge is 2.12. The SMILES string of the molecule is CN(Cc1cccs1)C(=O)Cn1cc(CCC(=O)O)nn1. The van der Waals surface area contributed by atoms with Crippen LogP contribution in [0.15, 0.2) is 23.7 Å². The van der Waals surface area contributed by atoms with Crippen LogP contribution in [-0.4, -0.2) is 43.9 Å². The number of hydrogen-bond donors (Lipinski definition) is 1. The number of carboxylic acid groups (broad SMARTS) is 1. The Kier molecular flexibility index (Phi) is 5.04. The molecule has 112 valence electrons. The smallest absolute Gasteiger partial charge is 0.303 e. The molecule has 0 aliphatic rings. The Balaban J connectivity index is 1.85. The van der Waals surface area contributed by atoms with E-state index in [2.05, 4.69) is 10.3 Å². The number of amides is 1. The van der Waals surface area contributed by atoms with Gasteiger partial charge in [0.05, 0.1) is 18.7 Å². The molecule has 0 saturated heterocycles. The molecule has 2 aromatic rings. The number of aliphatic carboxylic acids is 1. The number of rotatable bonds is 7. The first-order valence-electron chi connectivity index (χ1n) is 6.41. The van der Waals surface area contributed by atoms with Crippen molar-refractivity contribution < 1.29 is 14.7 Å². The van der Waals surface area contributed by atoms with Gasteiger partial charge in [-0.1, -0.05) is 11.3 Å². The van der Waals surface area contributed by atoms with Gasteiger partial charge in [0.25, 0.3) is 0 Å². The van der Waals surface area contributed by atoms with Crippen LogP contribution in [-0.2, 0) is 29.1 Å². The van der Waals surface area contributed by atoms with Crippen molar-refractivity contribution >= 4 is 23.2 Å². The number of thiophene rings is 1. The van der Waals surface area contributed by atoms with Crippen molar-refractivity contribution in [3.8, 4) is 0 Å². The van der Waals surface area contributed by atoms with Crippen LogP contribution >= 0.6 is 11.3 Å². The number of hydrogen-bond acceptors (Lipinski definition) is 5. The van der Waals surface area contributed by atoms with E-state index in [0.29, 0.717) is 18.7 Å². The topological polar surface area (TPSA) is 88.3 Å². The van der Waals surface area contributed by atoms with Crippen molar-refractivity contribution in [2.45, 2.75) is 25.9 Å². The molecule has 0 radical (unpaired) electrons. The van der Waals surface area contributed by atoms with E-state index >= 15 is 0 Å². The third kappa shape index (κ3) is 4.67. The second kappa shape index (κ2) is 6.98. The Labute approximate surface area is 125 Å². The molecule has 0 aliphatic heterocycles. The second-order valence-corrected chi connectivity index (χ2v) is 5.66. The Bertz CT molecular complexity index is 609. The maximum absolute atomic E-state index is 12.1. The first-order valence-corrected chi connectivity index (χ1v) is 7.29. The lowest BCUT2D eigenvalue weighted by Gasteiger charge is -2.15. The fourth-order valence-electron chi connectivity index (χ4n) is 1.75. The van der Waals surface area contributed by atoms with Gasteiger partial charge in [-0.3, -0.25) is 9.59 Å². The summed E-state index contributed by atoms with van der Waals surface area (Å²) in [5.41, 5.74) is 0.575. The zero-order valence-electron chi connectivity index (χ0n) is 11.6. The normalized spacial score (nSPS) is 10.5. The minimum atomic E-state index is -0.878. The molecule has 0 spiro atoms. The first kappa shape index (κ1) is 15.2. The number of likely N-dealkylation sites (N-methyl/N-ethyl adjacent to an activating group) is 1. The minimum Gasteiger partial charge on any atom is -0.481 e. The van der Waals surface area contributed by atoms with E-state index in [9.17, 15) is 9.59 Å². The van der Waals surface area contributed by atoms with Gasteiger partial charge in [-0.2, -0.15) is 0 Å². The predicted molar refractivity (Wildman–Crippen MR) is 76.8 cm³/mol. The summed E-state index contributed by atoms with van der Waals surface area (Å²) in [4.78, 5) is 25.3. The molecule has 1 N–H and O–H groups in total. The number of carboxylic acids is 1. The summed E-state index contributed by atoms with van der Waals surface area (Å²) in [6.07, 6.45) is 1.93. The number of carbonyl (C=O) groups is 2. The molecule has 2 rings (SSSR count). The average molecular weight is 308 g/mol. The van der Waals surface area contributed by atoms with Crippen LogP contribution in [0, 0.1) is 0 Å². The first-order chi connectivity index (χ1) is 10.0. The van der Waals surface area contributed by atoms with Crippen molar-refractivity contribution in [2.75, 3.05) is 7.05 Å². The largest absolute Gasteiger partial charge is 0.481 e. The molecule has 8 heteroatoms. The summed E-state index contributed by atoms with van der Waals surface area (Å²) < 4.78 is 1.43. The zero-order chi connectivity index (χ0) is 15.2. The van der Waals surface area contributed by atoms with Crippen LogP contribution in [0.3, 0.4) is 0 Å². The fraction of sp³-hybridized carbons (Fsp3) is 0.385. The van der Waals surface area contributed by atoms with E-state index in [4.69, 9.17) is 5.11 Å². The lowest BCUT2D eigenvalue weighted by atomic mass is 10.2.